The van der Waals surface area contributed by atoms with Crippen LogP contribution in [0.25, 0.3) is 6.08 Å². The van der Waals surface area contributed by atoms with Gasteiger partial charge in [0.25, 0.3) is 11.8 Å². The van der Waals surface area contributed by atoms with Gasteiger partial charge in [0.2, 0.25) is 0 Å². The molecule has 30 heavy (non-hydrogen) atoms. The first-order valence-electron chi connectivity index (χ1n) is 9.27. The van der Waals surface area contributed by atoms with Crippen molar-refractivity contribution in [3.05, 3.63) is 89.3 Å². The summed E-state index contributed by atoms with van der Waals surface area (Å²) in [6, 6.07) is 18.3. The standard InChI is InChI=1S/C23H21N5O2/c1-27(2)23(30)19-8-10-21(11-9-19)26-22(29)20(13-24)12-18-14-25-28(16-18)15-17-6-4-3-5-7-17/h3-12,14,16H,15H2,1-2H3,(H,26,29)/b20-12+. The normalized spacial score (nSPS) is 10.9. The number of nitrogens with zero attached hydrogens (tertiary/aromatic N) is 4. The zero-order valence-electron chi connectivity index (χ0n) is 16.7. The van der Waals surface area contributed by atoms with E-state index in [1.165, 1.54) is 11.0 Å². The number of amides is 2. The lowest BCUT2D eigenvalue weighted by Crippen LogP contribution is -2.21. The van der Waals surface area contributed by atoms with Crippen LogP contribution in [-0.2, 0) is 11.3 Å². The van der Waals surface area contributed by atoms with Crippen molar-refractivity contribution in [1.29, 1.82) is 5.26 Å². The van der Waals surface area contributed by atoms with Crippen LogP contribution in [0.4, 0.5) is 5.69 Å². The number of nitriles is 1. The Bertz CT molecular complexity index is 1110. The van der Waals surface area contributed by atoms with Crippen molar-refractivity contribution >= 4 is 23.6 Å². The minimum absolute atomic E-state index is 0.0392. The molecule has 0 radical (unpaired) electrons. The largest absolute Gasteiger partial charge is 0.345 e. The van der Waals surface area contributed by atoms with Crippen LogP contribution in [0, 0.1) is 11.3 Å². The Balaban J connectivity index is 1.68. The number of hydrogen-bond donors (Lipinski definition) is 1. The van der Waals surface area contributed by atoms with Crippen molar-refractivity contribution in [1.82, 2.24) is 14.7 Å². The third-order valence-corrected chi connectivity index (χ3v) is 4.31. The Morgan fingerprint density at radius 3 is 2.47 bits per heavy atom. The molecule has 1 aromatic heterocycles. The summed E-state index contributed by atoms with van der Waals surface area (Å²) in [4.78, 5) is 25.9. The molecule has 0 bridgehead atoms. The number of carbonyl (C=O) groups is 2. The molecule has 0 unspecified atom stereocenters. The number of anilines is 1. The highest BCUT2D eigenvalue weighted by Gasteiger charge is 2.12. The number of nitrogens with one attached hydrogen (secondary N) is 1. The van der Waals surface area contributed by atoms with Gasteiger partial charge in [0, 0.05) is 37.1 Å². The van der Waals surface area contributed by atoms with E-state index in [0.29, 0.717) is 23.4 Å². The molecule has 0 aliphatic rings. The quantitative estimate of drug-likeness (QED) is 0.509. The maximum absolute atomic E-state index is 12.5. The van der Waals surface area contributed by atoms with Crippen molar-refractivity contribution < 1.29 is 9.59 Å². The van der Waals surface area contributed by atoms with Gasteiger partial charge >= 0.3 is 0 Å². The molecular weight excluding hydrogens is 378 g/mol. The van der Waals surface area contributed by atoms with Gasteiger partial charge in [-0.05, 0) is 35.9 Å². The first-order chi connectivity index (χ1) is 14.5. The summed E-state index contributed by atoms with van der Waals surface area (Å²) >= 11 is 0. The Morgan fingerprint density at radius 2 is 1.83 bits per heavy atom. The fraction of sp³-hybridized carbons (Fsp3) is 0.130. The summed E-state index contributed by atoms with van der Waals surface area (Å²) in [6.07, 6.45) is 4.88. The highest BCUT2D eigenvalue weighted by Crippen LogP contribution is 2.14. The van der Waals surface area contributed by atoms with Gasteiger partial charge in [-0.25, -0.2) is 0 Å². The second-order valence-electron chi connectivity index (χ2n) is 6.86. The molecule has 7 heteroatoms. The fourth-order valence-electron chi connectivity index (χ4n) is 2.78. The SMILES string of the molecule is CN(C)C(=O)c1ccc(NC(=O)/C(C#N)=C/c2cnn(Cc3ccccc3)c2)cc1. The Kier molecular flexibility index (Phi) is 6.40. The van der Waals surface area contributed by atoms with Gasteiger partial charge in [0.15, 0.2) is 0 Å². The van der Waals surface area contributed by atoms with Crippen LogP contribution >= 0.6 is 0 Å². The monoisotopic (exact) mass is 399 g/mol. The number of hydrogen-bond acceptors (Lipinski definition) is 4. The van der Waals surface area contributed by atoms with E-state index in [2.05, 4.69) is 10.4 Å². The number of carbonyl (C=O) groups excluding carboxylic acids is 2. The van der Waals surface area contributed by atoms with Crippen LogP contribution in [0.5, 0.6) is 0 Å². The van der Waals surface area contributed by atoms with Crippen molar-refractivity contribution in [2.45, 2.75) is 6.54 Å². The van der Waals surface area contributed by atoms with Crippen molar-refractivity contribution in [3.63, 3.8) is 0 Å². The molecule has 3 rings (SSSR count). The minimum Gasteiger partial charge on any atom is -0.345 e. The van der Waals surface area contributed by atoms with Crippen LogP contribution in [0.2, 0.25) is 0 Å². The predicted octanol–water partition coefficient (Wildman–Crippen LogP) is 3.18. The molecule has 1 heterocycles. The molecule has 0 fully saturated rings. The summed E-state index contributed by atoms with van der Waals surface area (Å²) in [5, 5.41) is 16.4. The molecule has 0 aliphatic carbocycles. The Morgan fingerprint density at radius 1 is 1.13 bits per heavy atom. The molecule has 3 aromatic rings. The molecule has 2 amide bonds. The summed E-state index contributed by atoms with van der Waals surface area (Å²) in [6.45, 7) is 0.598. The van der Waals surface area contributed by atoms with E-state index in [1.54, 1.807) is 55.4 Å². The minimum atomic E-state index is -0.528. The van der Waals surface area contributed by atoms with E-state index in [-0.39, 0.29) is 11.5 Å². The van der Waals surface area contributed by atoms with Gasteiger partial charge in [-0.1, -0.05) is 30.3 Å². The third-order valence-electron chi connectivity index (χ3n) is 4.31. The molecular formula is C23H21N5O2. The Labute approximate surface area is 174 Å². The molecule has 0 saturated heterocycles. The molecule has 0 aliphatic heterocycles. The predicted molar refractivity (Wildman–Crippen MR) is 114 cm³/mol. The van der Waals surface area contributed by atoms with Gasteiger partial charge in [0.05, 0.1) is 12.7 Å². The maximum atomic E-state index is 12.5. The van der Waals surface area contributed by atoms with E-state index in [9.17, 15) is 14.9 Å². The van der Waals surface area contributed by atoms with Gasteiger partial charge in [-0.3, -0.25) is 14.3 Å². The molecule has 0 saturated carbocycles. The average molecular weight is 399 g/mol. The van der Waals surface area contributed by atoms with Gasteiger partial charge in [-0.15, -0.1) is 0 Å². The maximum Gasteiger partial charge on any atom is 0.266 e. The third kappa shape index (κ3) is 5.20. The second kappa shape index (κ2) is 9.34. The lowest BCUT2D eigenvalue weighted by atomic mass is 10.1. The molecule has 7 nitrogen and oxygen atoms in total. The molecule has 150 valence electrons. The average Bonchev–Trinajstić information content (AvgIpc) is 3.19. The molecule has 0 atom stereocenters. The number of rotatable bonds is 6. The number of benzene rings is 2. The first-order valence-corrected chi connectivity index (χ1v) is 9.27. The number of aromatic nitrogens is 2. The molecule has 2 aromatic carbocycles. The highest BCUT2D eigenvalue weighted by molar-refractivity contribution is 6.09. The van der Waals surface area contributed by atoms with Gasteiger partial charge < -0.3 is 10.2 Å². The topological polar surface area (TPSA) is 91.0 Å². The molecule has 0 spiro atoms. The summed E-state index contributed by atoms with van der Waals surface area (Å²) < 4.78 is 1.74. The van der Waals surface area contributed by atoms with Crippen LogP contribution < -0.4 is 5.32 Å². The van der Waals surface area contributed by atoms with E-state index in [4.69, 9.17) is 0 Å². The zero-order valence-corrected chi connectivity index (χ0v) is 16.7. The van der Waals surface area contributed by atoms with Crippen LogP contribution in [-0.4, -0.2) is 40.6 Å². The van der Waals surface area contributed by atoms with Gasteiger partial charge in [0.1, 0.15) is 11.6 Å². The van der Waals surface area contributed by atoms with E-state index in [0.717, 1.165) is 5.56 Å². The van der Waals surface area contributed by atoms with E-state index >= 15 is 0 Å². The fourth-order valence-corrected chi connectivity index (χ4v) is 2.78. The Hall–Kier alpha value is -4.18. The first kappa shape index (κ1) is 20.6. The lowest BCUT2D eigenvalue weighted by Gasteiger charge is -2.10. The van der Waals surface area contributed by atoms with Crippen molar-refractivity contribution in [3.8, 4) is 6.07 Å². The highest BCUT2D eigenvalue weighted by atomic mass is 16.2. The van der Waals surface area contributed by atoms with Crippen LogP contribution in [0.15, 0.2) is 72.6 Å². The summed E-state index contributed by atoms with van der Waals surface area (Å²) in [7, 11) is 3.34. The molecule has 1 N–H and O–H groups in total. The lowest BCUT2D eigenvalue weighted by molar-refractivity contribution is -0.112. The van der Waals surface area contributed by atoms with Crippen molar-refractivity contribution in [2.24, 2.45) is 0 Å². The zero-order chi connectivity index (χ0) is 21.5. The summed E-state index contributed by atoms with van der Waals surface area (Å²) in [5.74, 6) is -0.655. The van der Waals surface area contributed by atoms with E-state index in [1.807, 2.05) is 36.4 Å². The van der Waals surface area contributed by atoms with Crippen LogP contribution in [0.1, 0.15) is 21.5 Å². The van der Waals surface area contributed by atoms with Gasteiger partial charge in [-0.2, -0.15) is 10.4 Å². The van der Waals surface area contributed by atoms with E-state index < -0.39 is 5.91 Å². The smallest absolute Gasteiger partial charge is 0.266 e. The summed E-state index contributed by atoms with van der Waals surface area (Å²) in [5.41, 5.74) is 2.73. The van der Waals surface area contributed by atoms with Crippen LogP contribution in [0.3, 0.4) is 0 Å². The van der Waals surface area contributed by atoms with Crippen molar-refractivity contribution in [2.75, 3.05) is 19.4 Å². The second-order valence-corrected chi connectivity index (χ2v) is 6.86.